The fourth-order valence-electron chi connectivity index (χ4n) is 4.40. The first kappa shape index (κ1) is 26.2. The van der Waals surface area contributed by atoms with E-state index < -0.39 is 12.8 Å². The number of aryl methyl sites for hydroxylation is 1. The minimum Gasteiger partial charge on any atom is -0.474 e. The Labute approximate surface area is 213 Å². The molecule has 0 aliphatic heterocycles. The summed E-state index contributed by atoms with van der Waals surface area (Å²) in [6.07, 6.45) is 4.21. The quantitative estimate of drug-likeness (QED) is 0.414. The molecule has 3 aromatic rings. The molecule has 3 heterocycles. The Balaban J connectivity index is 1.49. The molecule has 1 aliphatic rings. The van der Waals surface area contributed by atoms with E-state index in [1.165, 1.54) is 6.07 Å². The lowest BCUT2D eigenvalue weighted by Crippen LogP contribution is -2.27. The molecule has 0 bridgehead atoms. The summed E-state index contributed by atoms with van der Waals surface area (Å²) < 4.78 is 51.8. The smallest absolute Gasteiger partial charge is 0.422 e. The van der Waals surface area contributed by atoms with Crippen LogP contribution in [0.25, 0.3) is 17.3 Å². The normalized spacial score (nSPS) is 18.5. The van der Waals surface area contributed by atoms with E-state index in [0.717, 1.165) is 48.2 Å². The first-order chi connectivity index (χ1) is 17.7. The number of rotatable bonds is 9. The van der Waals surface area contributed by atoms with Gasteiger partial charge in [0.15, 0.2) is 6.61 Å². The van der Waals surface area contributed by atoms with Gasteiger partial charge in [-0.25, -0.2) is 4.99 Å². The number of nitrogens with one attached hydrogen (secondary N) is 1. The van der Waals surface area contributed by atoms with Crippen LogP contribution >= 0.6 is 0 Å². The van der Waals surface area contributed by atoms with Gasteiger partial charge >= 0.3 is 6.18 Å². The second kappa shape index (κ2) is 11.1. The van der Waals surface area contributed by atoms with Gasteiger partial charge in [-0.05, 0) is 39.3 Å². The molecule has 1 N–H and O–H groups in total. The van der Waals surface area contributed by atoms with E-state index in [1.54, 1.807) is 30.1 Å². The summed E-state index contributed by atoms with van der Waals surface area (Å²) in [6.45, 7) is 4.27. The molecule has 0 unspecified atom stereocenters. The Morgan fingerprint density at radius 1 is 1.24 bits per heavy atom. The maximum absolute atomic E-state index is 12.4. The van der Waals surface area contributed by atoms with E-state index in [9.17, 15) is 13.2 Å². The minimum absolute atomic E-state index is 0.113. The fraction of sp³-hybridized carbons (Fsp3) is 0.440. The summed E-state index contributed by atoms with van der Waals surface area (Å²) in [4.78, 5) is 8.11. The van der Waals surface area contributed by atoms with E-state index >= 15 is 0 Å². The molecule has 0 aromatic carbocycles. The van der Waals surface area contributed by atoms with Crippen LogP contribution in [-0.4, -0.2) is 57.2 Å². The van der Waals surface area contributed by atoms with E-state index in [1.807, 2.05) is 30.9 Å². The third-order valence-corrected chi connectivity index (χ3v) is 6.23. The molecular formula is C25H30F3N7O2. The van der Waals surface area contributed by atoms with Crippen molar-refractivity contribution in [1.29, 1.82) is 0 Å². The minimum atomic E-state index is -4.43. The van der Waals surface area contributed by atoms with Crippen LogP contribution in [0.1, 0.15) is 43.0 Å². The first-order valence-corrected chi connectivity index (χ1v) is 11.9. The third-order valence-electron chi connectivity index (χ3n) is 6.23. The zero-order valence-electron chi connectivity index (χ0n) is 21.0. The molecule has 12 heteroatoms. The van der Waals surface area contributed by atoms with Gasteiger partial charge < -0.3 is 14.8 Å². The van der Waals surface area contributed by atoms with Crippen LogP contribution in [0.15, 0.2) is 41.4 Å². The number of nitrogens with zero attached hydrogens (tertiary/aromatic N) is 6. The van der Waals surface area contributed by atoms with Crippen LogP contribution in [-0.2, 0) is 7.05 Å². The number of halogens is 3. The standard InChI is InChI=1S/C25H30F3N7O2/c1-16-20(12-21(29-2)30-3)35(33-24(16)17-13-31-34(4)14-17)18-8-10-19(11-9-18)37-23-7-5-6-22(32-23)36-15-25(26,27)28/h5-7,12-14,18-19,30H,2,8-11,15H2,1,3-4H3/b21-12+. The molecule has 0 atom stereocenters. The van der Waals surface area contributed by atoms with Gasteiger partial charge in [-0.3, -0.25) is 9.36 Å². The summed E-state index contributed by atoms with van der Waals surface area (Å²) in [6, 6.07) is 4.70. The highest BCUT2D eigenvalue weighted by Gasteiger charge is 2.30. The highest BCUT2D eigenvalue weighted by molar-refractivity contribution is 5.68. The number of hydrogen-bond donors (Lipinski definition) is 1. The van der Waals surface area contributed by atoms with Crippen LogP contribution in [0.5, 0.6) is 11.8 Å². The van der Waals surface area contributed by atoms with Crippen LogP contribution in [0, 0.1) is 6.92 Å². The molecule has 0 saturated heterocycles. The Morgan fingerprint density at radius 2 is 1.97 bits per heavy atom. The summed E-state index contributed by atoms with van der Waals surface area (Å²) in [5.41, 5.74) is 3.75. The van der Waals surface area contributed by atoms with Gasteiger partial charge in [0.1, 0.15) is 11.9 Å². The lowest BCUT2D eigenvalue weighted by atomic mass is 9.92. The number of alkyl halides is 3. The second-order valence-electron chi connectivity index (χ2n) is 8.91. The fourth-order valence-corrected chi connectivity index (χ4v) is 4.40. The third kappa shape index (κ3) is 6.49. The molecule has 4 rings (SSSR count). The average molecular weight is 518 g/mol. The topological polar surface area (TPSA) is 91.4 Å². The van der Waals surface area contributed by atoms with Crippen molar-refractivity contribution in [1.82, 2.24) is 29.9 Å². The Morgan fingerprint density at radius 3 is 2.59 bits per heavy atom. The molecule has 1 fully saturated rings. The maximum atomic E-state index is 12.4. The number of pyridine rings is 1. The maximum Gasteiger partial charge on any atom is 0.422 e. The number of hydrogen-bond acceptors (Lipinski definition) is 7. The van der Waals surface area contributed by atoms with Crippen molar-refractivity contribution in [2.75, 3.05) is 13.7 Å². The Kier molecular flexibility index (Phi) is 7.84. The predicted molar refractivity (Wildman–Crippen MR) is 133 cm³/mol. The van der Waals surface area contributed by atoms with E-state index in [-0.39, 0.29) is 23.9 Å². The van der Waals surface area contributed by atoms with Crippen LogP contribution in [0.3, 0.4) is 0 Å². The molecule has 9 nitrogen and oxygen atoms in total. The van der Waals surface area contributed by atoms with Crippen molar-refractivity contribution in [3.05, 3.63) is 47.7 Å². The average Bonchev–Trinajstić information content (AvgIpc) is 3.44. The van der Waals surface area contributed by atoms with Crippen LogP contribution in [0.2, 0.25) is 0 Å². The molecular weight excluding hydrogens is 487 g/mol. The van der Waals surface area contributed by atoms with Crippen molar-refractivity contribution in [2.45, 2.75) is 50.9 Å². The van der Waals surface area contributed by atoms with Crippen LogP contribution in [0.4, 0.5) is 13.2 Å². The van der Waals surface area contributed by atoms with E-state index in [0.29, 0.717) is 5.82 Å². The largest absolute Gasteiger partial charge is 0.474 e. The van der Waals surface area contributed by atoms with Gasteiger partial charge in [0.05, 0.1) is 23.6 Å². The van der Waals surface area contributed by atoms with Gasteiger partial charge in [0.25, 0.3) is 0 Å². The molecule has 1 saturated carbocycles. The van der Waals surface area contributed by atoms with E-state index in [2.05, 4.69) is 27.1 Å². The molecule has 0 amide bonds. The Bertz CT molecular complexity index is 1260. The van der Waals surface area contributed by atoms with Gasteiger partial charge in [-0.2, -0.15) is 28.4 Å². The summed E-state index contributed by atoms with van der Waals surface area (Å²) in [5, 5.41) is 12.3. The van der Waals surface area contributed by atoms with Crippen molar-refractivity contribution < 1.29 is 22.6 Å². The molecule has 3 aromatic heterocycles. The van der Waals surface area contributed by atoms with Gasteiger partial charge in [-0.1, -0.05) is 6.07 Å². The monoisotopic (exact) mass is 517 g/mol. The Hall–Kier alpha value is -3.83. The van der Waals surface area contributed by atoms with Crippen molar-refractivity contribution in [3.63, 3.8) is 0 Å². The highest BCUT2D eigenvalue weighted by Crippen LogP contribution is 2.35. The predicted octanol–water partition coefficient (Wildman–Crippen LogP) is 4.71. The molecule has 0 spiro atoms. The first-order valence-electron chi connectivity index (χ1n) is 11.9. The zero-order chi connectivity index (χ0) is 26.6. The van der Waals surface area contributed by atoms with Gasteiger partial charge in [0.2, 0.25) is 11.8 Å². The summed E-state index contributed by atoms with van der Waals surface area (Å²) in [5.74, 6) is 0.764. The second-order valence-corrected chi connectivity index (χ2v) is 8.91. The van der Waals surface area contributed by atoms with Gasteiger partial charge in [0, 0.05) is 49.6 Å². The molecule has 1 aliphatic carbocycles. The molecule has 198 valence electrons. The van der Waals surface area contributed by atoms with Crippen molar-refractivity contribution in [2.24, 2.45) is 12.0 Å². The lowest BCUT2D eigenvalue weighted by molar-refractivity contribution is -0.154. The summed E-state index contributed by atoms with van der Waals surface area (Å²) >= 11 is 0. The molecule has 37 heavy (non-hydrogen) atoms. The SMILES string of the molecule is C=N/C(=C\c1c(C)c(-c2cnn(C)c2)nn1C1CCC(Oc2cccc(OCC(F)(F)F)n2)CC1)NC. The number of aliphatic imine (C=N–C) groups is 1. The lowest BCUT2D eigenvalue weighted by Gasteiger charge is -2.29. The number of aromatic nitrogens is 5. The highest BCUT2D eigenvalue weighted by atomic mass is 19.4. The van der Waals surface area contributed by atoms with Gasteiger partial charge in [-0.15, -0.1) is 0 Å². The van der Waals surface area contributed by atoms with Crippen LogP contribution < -0.4 is 14.8 Å². The summed E-state index contributed by atoms with van der Waals surface area (Å²) in [7, 11) is 3.66. The number of ether oxygens (including phenoxy) is 2. The molecule has 0 radical (unpaired) electrons. The van der Waals surface area contributed by atoms with E-state index in [4.69, 9.17) is 14.6 Å². The zero-order valence-corrected chi connectivity index (χ0v) is 21.0. The van der Waals surface area contributed by atoms with Crippen molar-refractivity contribution in [3.8, 4) is 23.0 Å². The van der Waals surface area contributed by atoms with Crippen molar-refractivity contribution >= 4 is 12.8 Å².